The molecule has 0 amide bonds. The van der Waals surface area contributed by atoms with Crippen LogP contribution < -0.4 is 0 Å². The van der Waals surface area contributed by atoms with Gasteiger partial charge in [-0.2, -0.15) is 0 Å². The molecule has 0 spiro atoms. The highest BCUT2D eigenvalue weighted by Gasteiger charge is 2.37. The van der Waals surface area contributed by atoms with E-state index in [1.807, 2.05) is 0 Å². The van der Waals surface area contributed by atoms with E-state index in [1.54, 1.807) is 0 Å². The lowest BCUT2D eigenvalue weighted by atomic mass is 10.5. The van der Waals surface area contributed by atoms with Crippen LogP contribution in [0, 0.1) is 0 Å². The molecule has 0 aliphatic carbocycles. The average Bonchev–Trinajstić information content (AvgIpc) is 2.29. The van der Waals surface area contributed by atoms with Crippen LogP contribution in [0.2, 0.25) is 0 Å². The van der Waals surface area contributed by atoms with E-state index in [4.69, 9.17) is 43.9 Å². The molecular formula is C9H15Br3Cl3O3P. The van der Waals surface area contributed by atoms with Crippen LogP contribution in [-0.4, -0.2) is 32.2 Å². The minimum absolute atomic E-state index is 0.345. The summed E-state index contributed by atoms with van der Waals surface area (Å²) in [6, 6.07) is 0. The SMILES string of the molecule is O=P(OC(Br)CCCl)(OC(Br)CCCl)C(Br)CCCl. The van der Waals surface area contributed by atoms with E-state index in [-0.39, 0.29) is 0 Å². The molecule has 10 heteroatoms. The van der Waals surface area contributed by atoms with Gasteiger partial charge in [0.25, 0.3) is 0 Å². The van der Waals surface area contributed by atoms with E-state index in [2.05, 4.69) is 47.8 Å². The first-order chi connectivity index (χ1) is 8.89. The molecule has 0 aliphatic rings. The first-order valence-electron chi connectivity index (χ1n) is 5.46. The predicted octanol–water partition coefficient (Wildman–Crippen LogP) is 6.26. The zero-order valence-corrected chi connectivity index (χ0v) is 17.8. The molecule has 0 aliphatic heterocycles. The van der Waals surface area contributed by atoms with Crippen molar-refractivity contribution in [3.63, 3.8) is 0 Å². The Kier molecular flexibility index (Phi) is 13.5. The van der Waals surface area contributed by atoms with E-state index < -0.39 is 22.2 Å². The fraction of sp³-hybridized carbons (Fsp3) is 1.00. The first kappa shape index (κ1) is 21.5. The van der Waals surface area contributed by atoms with Crippen molar-refractivity contribution in [2.75, 3.05) is 17.6 Å². The smallest absolute Gasteiger partial charge is 0.293 e. The third-order valence-electron chi connectivity index (χ3n) is 1.89. The molecule has 0 rings (SSSR count). The third-order valence-corrected chi connectivity index (χ3v) is 8.41. The lowest BCUT2D eigenvalue weighted by molar-refractivity contribution is 0.181. The van der Waals surface area contributed by atoms with Crippen LogP contribution in [0.4, 0.5) is 0 Å². The maximum Gasteiger partial charge on any atom is 0.346 e. The van der Waals surface area contributed by atoms with Gasteiger partial charge in [-0.1, -0.05) is 47.8 Å². The van der Waals surface area contributed by atoms with Gasteiger partial charge < -0.3 is 0 Å². The second-order valence-corrected chi connectivity index (χ2v) is 10.6. The fourth-order valence-corrected chi connectivity index (χ4v) is 6.83. The van der Waals surface area contributed by atoms with Gasteiger partial charge in [-0.25, -0.2) is 0 Å². The topological polar surface area (TPSA) is 35.5 Å². The Morgan fingerprint density at radius 1 is 0.842 bits per heavy atom. The van der Waals surface area contributed by atoms with Crippen molar-refractivity contribution in [1.29, 1.82) is 0 Å². The van der Waals surface area contributed by atoms with Crippen LogP contribution in [0.1, 0.15) is 19.3 Å². The summed E-state index contributed by atoms with van der Waals surface area (Å²) < 4.78 is 23.3. The van der Waals surface area contributed by atoms with Crippen molar-refractivity contribution >= 4 is 90.2 Å². The summed E-state index contributed by atoms with van der Waals surface area (Å²) in [5, 5.41) is -0.885. The summed E-state index contributed by atoms with van der Waals surface area (Å²) in [7, 11) is -3.38. The van der Waals surface area contributed by atoms with E-state index in [0.717, 1.165) is 0 Å². The van der Waals surface area contributed by atoms with Gasteiger partial charge in [0.1, 0.15) is 14.6 Å². The molecule has 0 aromatic carbocycles. The molecular weight excluding hydrogens is 533 g/mol. The van der Waals surface area contributed by atoms with Crippen molar-refractivity contribution in [2.24, 2.45) is 0 Å². The van der Waals surface area contributed by atoms with Crippen molar-refractivity contribution in [3.05, 3.63) is 0 Å². The molecule has 0 radical (unpaired) electrons. The Balaban J connectivity index is 4.75. The van der Waals surface area contributed by atoms with E-state index in [9.17, 15) is 4.57 Å². The highest BCUT2D eigenvalue weighted by Crippen LogP contribution is 2.60. The largest absolute Gasteiger partial charge is 0.346 e. The number of hydrogen-bond donors (Lipinski definition) is 0. The average molecular weight is 548 g/mol. The second kappa shape index (κ2) is 12.0. The van der Waals surface area contributed by atoms with Gasteiger partial charge in [0.15, 0.2) is 0 Å². The van der Waals surface area contributed by atoms with Crippen molar-refractivity contribution in [1.82, 2.24) is 0 Å². The number of alkyl halides is 6. The van der Waals surface area contributed by atoms with Gasteiger partial charge in [-0.05, 0) is 19.3 Å². The van der Waals surface area contributed by atoms with Crippen molar-refractivity contribution < 1.29 is 13.6 Å². The highest BCUT2D eigenvalue weighted by atomic mass is 79.9. The molecule has 0 N–H and O–H groups in total. The zero-order valence-electron chi connectivity index (χ0n) is 9.91. The standard InChI is InChI=1S/C9H15Br3Cl3O3P/c10-7(1-4-13)17-19(16,9(12)3-6-15)18-8(11)2-5-14/h7-9H,1-6H2. The monoisotopic (exact) mass is 544 g/mol. The Labute approximate surface area is 154 Å². The Hall–Kier alpha value is 2.46. The number of rotatable bonds is 11. The van der Waals surface area contributed by atoms with Gasteiger partial charge in [0, 0.05) is 17.6 Å². The van der Waals surface area contributed by atoms with Crippen LogP contribution in [0.5, 0.6) is 0 Å². The van der Waals surface area contributed by atoms with Crippen LogP contribution in [-0.2, 0) is 13.6 Å². The third kappa shape index (κ3) is 9.25. The maximum atomic E-state index is 12.8. The van der Waals surface area contributed by atoms with Crippen molar-refractivity contribution in [2.45, 2.75) is 33.9 Å². The summed E-state index contributed by atoms with van der Waals surface area (Å²) in [4.78, 5) is 0. The number of halogens is 6. The lowest BCUT2D eigenvalue weighted by Crippen LogP contribution is -2.16. The van der Waals surface area contributed by atoms with Crippen molar-refractivity contribution in [3.8, 4) is 0 Å². The zero-order chi connectivity index (χ0) is 14.9. The summed E-state index contributed by atoms with van der Waals surface area (Å²) >= 11 is 26.8. The van der Waals surface area contributed by atoms with Gasteiger partial charge in [0.2, 0.25) is 0 Å². The molecule has 0 saturated carbocycles. The second-order valence-electron chi connectivity index (χ2n) is 3.44. The van der Waals surface area contributed by atoms with Gasteiger partial charge in [-0.3, -0.25) is 13.6 Å². The first-order valence-corrected chi connectivity index (χ1v) is 11.4. The lowest BCUT2D eigenvalue weighted by Gasteiger charge is -2.27. The van der Waals surface area contributed by atoms with E-state index in [1.165, 1.54) is 0 Å². The van der Waals surface area contributed by atoms with E-state index in [0.29, 0.717) is 36.9 Å². The summed E-state index contributed by atoms with van der Waals surface area (Å²) in [5.41, 5.74) is 0. The Bertz CT molecular complexity index is 271. The maximum absolute atomic E-state index is 12.8. The fourth-order valence-electron chi connectivity index (χ4n) is 1.00. The van der Waals surface area contributed by atoms with Gasteiger partial charge >= 0.3 is 7.60 Å². The predicted molar refractivity (Wildman–Crippen MR) is 93.9 cm³/mol. The molecule has 19 heavy (non-hydrogen) atoms. The van der Waals surface area contributed by atoms with Crippen LogP contribution in [0.3, 0.4) is 0 Å². The molecule has 3 nitrogen and oxygen atoms in total. The Morgan fingerprint density at radius 2 is 1.21 bits per heavy atom. The van der Waals surface area contributed by atoms with E-state index >= 15 is 0 Å². The molecule has 3 unspecified atom stereocenters. The highest BCUT2D eigenvalue weighted by molar-refractivity contribution is 9.11. The quantitative estimate of drug-likeness (QED) is 0.226. The molecule has 0 aromatic rings. The summed E-state index contributed by atoms with van der Waals surface area (Å²) in [6.45, 7) is 0. The van der Waals surface area contributed by atoms with Gasteiger partial charge in [-0.15, -0.1) is 34.8 Å². The van der Waals surface area contributed by atoms with Crippen LogP contribution in [0.15, 0.2) is 0 Å². The molecule has 0 aromatic heterocycles. The molecule has 3 atom stereocenters. The molecule has 0 saturated heterocycles. The summed E-state index contributed by atoms with van der Waals surface area (Å²) in [6.07, 6.45) is 1.48. The van der Waals surface area contributed by atoms with Gasteiger partial charge in [0.05, 0.1) is 0 Å². The minimum atomic E-state index is -3.38. The Morgan fingerprint density at radius 3 is 1.53 bits per heavy atom. The normalized spacial score (nSPS) is 19.7. The molecule has 0 bridgehead atoms. The molecule has 0 heterocycles. The number of hydrogen-bond acceptors (Lipinski definition) is 3. The van der Waals surface area contributed by atoms with Crippen LogP contribution >= 0.6 is 90.2 Å². The van der Waals surface area contributed by atoms with Crippen LogP contribution in [0.25, 0.3) is 0 Å². The molecule has 116 valence electrons. The minimum Gasteiger partial charge on any atom is -0.293 e. The summed E-state index contributed by atoms with van der Waals surface area (Å²) in [5.74, 6) is 1.12. The molecule has 0 fully saturated rings.